The van der Waals surface area contributed by atoms with Crippen LogP contribution >= 0.6 is 11.6 Å². The summed E-state index contributed by atoms with van der Waals surface area (Å²) in [6.45, 7) is 2.55. The maximum absolute atomic E-state index is 11.8. The molecule has 0 bridgehead atoms. The fourth-order valence-corrected chi connectivity index (χ4v) is 4.07. The molecule has 0 aliphatic carbocycles. The second-order valence-electron chi connectivity index (χ2n) is 7.68. The van der Waals surface area contributed by atoms with Crippen LogP contribution in [0.4, 0.5) is 0 Å². The fourth-order valence-electron chi connectivity index (χ4n) is 3.89. The number of hydrogen-bond acceptors (Lipinski definition) is 6. The molecule has 0 spiro atoms. The normalized spacial score (nSPS) is 17.8. The summed E-state index contributed by atoms with van der Waals surface area (Å²) in [6, 6.07) is 19.8. The highest BCUT2D eigenvalue weighted by atomic mass is 35.5. The second-order valence-corrected chi connectivity index (χ2v) is 8.11. The molecule has 3 aromatic carbocycles. The molecule has 1 aliphatic heterocycles. The first-order valence-corrected chi connectivity index (χ1v) is 11.1. The van der Waals surface area contributed by atoms with Gasteiger partial charge < -0.3 is 14.6 Å². The number of ether oxygens (including phenoxy) is 2. The Balaban J connectivity index is 1.71. The quantitative estimate of drug-likeness (QED) is 0.474. The van der Waals surface area contributed by atoms with Crippen LogP contribution in [0.2, 0.25) is 5.02 Å². The van der Waals surface area contributed by atoms with Crippen molar-refractivity contribution in [3.8, 4) is 11.5 Å². The van der Waals surface area contributed by atoms with Crippen molar-refractivity contribution in [2.24, 2.45) is 4.99 Å². The number of esters is 1. The van der Waals surface area contributed by atoms with E-state index in [1.807, 2.05) is 43.3 Å². The molecule has 170 valence electrons. The van der Waals surface area contributed by atoms with Gasteiger partial charge in [0.2, 0.25) is 0 Å². The summed E-state index contributed by atoms with van der Waals surface area (Å²) in [4.78, 5) is 16.8. The predicted octanol–water partition coefficient (Wildman–Crippen LogP) is 5.45. The number of nitrogens with one attached hydrogen (secondary N) is 1. The average molecular weight is 465 g/mol. The van der Waals surface area contributed by atoms with Crippen LogP contribution in [0, 0.1) is 0 Å². The van der Waals surface area contributed by atoms with Crippen LogP contribution in [0.1, 0.15) is 52.6 Å². The van der Waals surface area contributed by atoms with E-state index in [1.165, 1.54) is 7.11 Å². The molecule has 6 nitrogen and oxygen atoms in total. The van der Waals surface area contributed by atoms with Crippen molar-refractivity contribution >= 4 is 23.3 Å². The van der Waals surface area contributed by atoms with Crippen LogP contribution in [0.3, 0.4) is 0 Å². The van der Waals surface area contributed by atoms with Crippen molar-refractivity contribution < 1.29 is 19.4 Å². The molecule has 0 fully saturated rings. The van der Waals surface area contributed by atoms with Crippen LogP contribution in [0.25, 0.3) is 0 Å². The highest BCUT2D eigenvalue weighted by molar-refractivity contribution is 6.30. The van der Waals surface area contributed by atoms with Crippen LogP contribution in [-0.4, -0.2) is 30.5 Å². The van der Waals surface area contributed by atoms with Gasteiger partial charge in [-0.05, 0) is 72.6 Å². The van der Waals surface area contributed by atoms with Crippen LogP contribution in [0.15, 0.2) is 71.7 Å². The van der Waals surface area contributed by atoms with Gasteiger partial charge in [0.25, 0.3) is 0 Å². The Kier molecular flexibility index (Phi) is 6.96. The monoisotopic (exact) mass is 464 g/mol. The summed E-state index contributed by atoms with van der Waals surface area (Å²) in [7, 11) is 1.36. The Morgan fingerprint density at radius 2 is 1.85 bits per heavy atom. The molecule has 0 saturated carbocycles. The number of benzene rings is 3. The molecule has 0 unspecified atom stereocenters. The molecule has 33 heavy (non-hydrogen) atoms. The number of hydrogen-bond donors (Lipinski definition) is 2. The number of aliphatic imine (C=N–C) groups is 1. The predicted molar refractivity (Wildman–Crippen MR) is 128 cm³/mol. The van der Waals surface area contributed by atoms with Gasteiger partial charge in [0, 0.05) is 28.8 Å². The Morgan fingerprint density at radius 1 is 1.12 bits per heavy atom. The molecule has 0 radical (unpaired) electrons. The molecule has 1 heterocycles. The Labute approximate surface area is 197 Å². The molecule has 3 aromatic rings. The Morgan fingerprint density at radius 3 is 2.52 bits per heavy atom. The van der Waals surface area contributed by atoms with E-state index in [4.69, 9.17) is 26.1 Å². The largest absolute Gasteiger partial charge is 0.508 e. The Hall–Kier alpha value is -3.35. The Bertz CT molecular complexity index is 1160. The minimum absolute atomic E-state index is 0.171. The highest BCUT2D eigenvalue weighted by Crippen LogP contribution is 2.36. The van der Waals surface area contributed by atoms with Gasteiger partial charge in [-0.2, -0.15) is 0 Å². The maximum atomic E-state index is 11.8. The molecule has 2 N–H and O–H groups in total. The molecular formula is C26H25ClN2O4. The SMILES string of the molecule is CCOc1ccc(C2=N[C@H](c3ccc(C(=O)OC)cc3)N[C@@H](c3cc(Cl)ccc3O)C2)cc1. The zero-order chi connectivity index (χ0) is 23.4. The van der Waals surface area contributed by atoms with Gasteiger partial charge in [-0.3, -0.25) is 10.3 Å². The minimum Gasteiger partial charge on any atom is -0.508 e. The first-order chi connectivity index (χ1) is 16.0. The number of phenolic OH excluding ortho intramolecular Hbond substituents is 1. The highest BCUT2D eigenvalue weighted by Gasteiger charge is 2.28. The van der Waals surface area contributed by atoms with Crippen molar-refractivity contribution in [1.82, 2.24) is 5.32 Å². The van der Waals surface area contributed by atoms with Crippen LogP contribution in [-0.2, 0) is 4.74 Å². The van der Waals surface area contributed by atoms with E-state index in [0.717, 1.165) is 22.6 Å². The zero-order valence-electron chi connectivity index (χ0n) is 18.4. The van der Waals surface area contributed by atoms with Gasteiger partial charge in [0.1, 0.15) is 17.7 Å². The number of phenols is 1. The lowest BCUT2D eigenvalue weighted by atomic mass is 9.93. The van der Waals surface area contributed by atoms with E-state index in [2.05, 4.69) is 5.32 Å². The third kappa shape index (κ3) is 5.18. The number of nitrogens with zero attached hydrogens (tertiary/aromatic N) is 1. The number of halogens is 1. The molecule has 0 amide bonds. The summed E-state index contributed by atoms with van der Waals surface area (Å²) in [6.07, 6.45) is 0.189. The van der Waals surface area contributed by atoms with E-state index in [0.29, 0.717) is 29.2 Å². The molecule has 0 saturated heterocycles. The number of aromatic hydroxyl groups is 1. The van der Waals surface area contributed by atoms with Gasteiger partial charge in [0.15, 0.2) is 0 Å². The average Bonchev–Trinajstić information content (AvgIpc) is 2.85. The summed E-state index contributed by atoms with van der Waals surface area (Å²) in [5.74, 6) is 0.581. The summed E-state index contributed by atoms with van der Waals surface area (Å²) >= 11 is 6.22. The second kappa shape index (κ2) is 10.1. The number of carbonyl (C=O) groups is 1. The molecular weight excluding hydrogens is 440 g/mol. The van der Waals surface area contributed by atoms with Gasteiger partial charge in [0.05, 0.1) is 19.3 Å². The van der Waals surface area contributed by atoms with Crippen molar-refractivity contribution in [3.63, 3.8) is 0 Å². The van der Waals surface area contributed by atoms with E-state index >= 15 is 0 Å². The third-order valence-corrected chi connectivity index (χ3v) is 5.79. The summed E-state index contributed by atoms with van der Waals surface area (Å²) in [5.41, 5.74) is 3.93. The minimum atomic E-state index is -0.390. The molecule has 7 heteroatoms. The smallest absolute Gasteiger partial charge is 0.337 e. The van der Waals surface area contributed by atoms with Crippen molar-refractivity contribution in [1.29, 1.82) is 0 Å². The van der Waals surface area contributed by atoms with Gasteiger partial charge in [-0.15, -0.1) is 0 Å². The summed E-state index contributed by atoms with van der Waals surface area (Å²) in [5, 5.41) is 14.6. The van der Waals surface area contributed by atoms with Gasteiger partial charge >= 0.3 is 5.97 Å². The first-order valence-electron chi connectivity index (χ1n) is 10.7. The van der Waals surface area contributed by atoms with E-state index < -0.39 is 5.97 Å². The lowest BCUT2D eigenvalue weighted by Crippen LogP contribution is -2.33. The van der Waals surface area contributed by atoms with Gasteiger partial charge in [-0.1, -0.05) is 23.7 Å². The van der Waals surface area contributed by atoms with Crippen LogP contribution < -0.4 is 10.1 Å². The fraction of sp³-hybridized carbons (Fsp3) is 0.231. The van der Waals surface area contributed by atoms with Crippen molar-refractivity contribution in [2.45, 2.75) is 25.6 Å². The molecule has 1 aliphatic rings. The zero-order valence-corrected chi connectivity index (χ0v) is 19.2. The maximum Gasteiger partial charge on any atom is 0.337 e. The van der Waals surface area contributed by atoms with E-state index in [-0.39, 0.29) is 18.0 Å². The van der Waals surface area contributed by atoms with Crippen LogP contribution in [0.5, 0.6) is 11.5 Å². The van der Waals surface area contributed by atoms with Crippen molar-refractivity contribution in [2.75, 3.05) is 13.7 Å². The van der Waals surface area contributed by atoms with Gasteiger partial charge in [-0.25, -0.2) is 4.79 Å². The lowest BCUT2D eigenvalue weighted by molar-refractivity contribution is 0.0600. The topological polar surface area (TPSA) is 80.2 Å². The lowest BCUT2D eigenvalue weighted by Gasteiger charge is -2.31. The molecule has 4 rings (SSSR count). The number of carbonyl (C=O) groups excluding carboxylic acids is 1. The van der Waals surface area contributed by atoms with Crippen molar-refractivity contribution in [3.05, 3.63) is 94.0 Å². The summed E-state index contributed by atoms with van der Waals surface area (Å²) < 4.78 is 10.4. The first kappa shape index (κ1) is 22.8. The number of rotatable bonds is 6. The third-order valence-electron chi connectivity index (χ3n) is 5.55. The standard InChI is InChI=1S/C26H25ClN2O4/c1-3-33-20-11-8-16(9-12-20)22-15-23(21-14-19(27)10-13-24(21)30)29-25(28-22)17-4-6-18(7-5-17)26(31)32-2/h4-14,23,25,29-30H,3,15H2,1-2H3/t23-,25+/m1/s1. The molecule has 0 aromatic heterocycles. The van der Waals surface area contributed by atoms with E-state index in [9.17, 15) is 9.90 Å². The molecule has 2 atom stereocenters. The number of methoxy groups -OCH3 is 1. The van der Waals surface area contributed by atoms with E-state index in [1.54, 1.807) is 30.3 Å².